The van der Waals surface area contributed by atoms with E-state index in [0.29, 0.717) is 37.1 Å². The number of halogens is 1. The molecule has 160 valence electrons. The molecule has 7 nitrogen and oxygen atoms in total. The van der Waals surface area contributed by atoms with Gasteiger partial charge in [0.15, 0.2) is 17.5 Å². The normalized spacial score (nSPS) is 10.9. The maximum absolute atomic E-state index is 5.94. The van der Waals surface area contributed by atoms with E-state index >= 15 is 0 Å². The second-order valence-electron chi connectivity index (χ2n) is 6.45. The summed E-state index contributed by atoms with van der Waals surface area (Å²) >= 11 is 0. The van der Waals surface area contributed by atoms with Gasteiger partial charge in [0.2, 0.25) is 0 Å². The molecule has 2 aromatic carbocycles. The molecular weight excluding hydrogens is 493 g/mol. The standard InChI is InChI=1S/C22H27N5O2.HI/c1-28-19-9-7-16(15-20(19)29-2)11-12-25-22(23)26-14-13-24-21-10-8-17-5-3-4-6-18(17)27-21;/h3-10,15H,11-14H2,1-2H3,(H,24,27)(H3,23,25,26);1H. The Morgan fingerprint density at radius 2 is 1.80 bits per heavy atom. The van der Waals surface area contributed by atoms with Gasteiger partial charge in [0.1, 0.15) is 5.82 Å². The monoisotopic (exact) mass is 521 g/mol. The topological polar surface area (TPSA) is 93.8 Å². The van der Waals surface area contributed by atoms with Crippen LogP contribution >= 0.6 is 24.0 Å². The Kier molecular flexibility index (Phi) is 9.46. The molecule has 0 aliphatic heterocycles. The minimum atomic E-state index is 0. The summed E-state index contributed by atoms with van der Waals surface area (Å²) in [7, 11) is 3.25. The Balaban J connectivity index is 0.00000320. The maximum Gasteiger partial charge on any atom is 0.188 e. The van der Waals surface area contributed by atoms with E-state index < -0.39 is 0 Å². The highest BCUT2D eigenvalue weighted by atomic mass is 127. The zero-order chi connectivity index (χ0) is 20.5. The third-order valence-corrected chi connectivity index (χ3v) is 4.47. The molecular formula is C22H28IN5O2. The number of benzene rings is 2. The fraction of sp³-hybridized carbons (Fsp3) is 0.273. The molecule has 4 N–H and O–H groups in total. The number of nitrogens with two attached hydrogens (primary N) is 1. The number of pyridine rings is 1. The fourth-order valence-electron chi connectivity index (χ4n) is 2.94. The summed E-state index contributed by atoms with van der Waals surface area (Å²) in [6, 6.07) is 17.9. The van der Waals surface area contributed by atoms with E-state index in [2.05, 4.69) is 26.7 Å². The Morgan fingerprint density at radius 1 is 1.00 bits per heavy atom. The van der Waals surface area contributed by atoms with Gasteiger partial charge < -0.3 is 25.8 Å². The number of hydrogen-bond donors (Lipinski definition) is 3. The minimum Gasteiger partial charge on any atom is -0.493 e. The van der Waals surface area contributed by atoms with Crippen LogP contribution in [-0.4, -0.2) is 44.8 Å². The molecule has 0 bridgehead atoms. The Morgan fingerprint density at radius 3 is 2.60 bits per heavy atom. The maximum atomic E-state index is 5.94. The number of fused-ring (bicyclic) bond motifs is 1. The van der Waals surface area contributed by atoms with E-state index in [1.807, 2.05) is 48.5 Å². The van der Waals surface area contributed by atoms with Crippen molar-refractivity contribution in [1.29, 1.82) is 0 Å². The highest BCUT2D eigenvalue weighted by Gasteiger charge is 2.04. The van der Waals surface area contributed by atoms with Gasteiger partial charge in [-0.05, 0) is 42.3 Å². The van der Waals surface area contributed by atoms with Crippen LogP contribution in [0.2, 0.25) is 0 Å². The largest absolute Gasteiger partial charge is 0.493 e. The van der Waals surface area contributed by atoms with E-state index in [-0.39, 0.29) is 24.0 Å². The lowest BCUT2D eigenvalue weighted by Crippen LogP contribution is -2.35. The molecule has 1 aromatic heterocycles. The van der Waals surface area contributed by atoms with Crippen LogP contribution < -0.4 is 25.8 Å². The average molecular weight is 521 g/mol. The number of hydrogen-bond acceptors (Lipinski definition) is 5. The summed E-state index contributed by atoms with van der Waals surface area (Å²) in [5.74, 6) is 2.70. The molecule has 1 heterocycles. The molecule has 8 heteroatoms. The van der Waals surface area contributed by atoms with Gasteiger partial charge >= 0.3 is 0 Å². The van der Waals surface area contributed by atoms with Crippen LogP contribution in [0.3, 0.4) is 0 Å². The summed E-state index contributed by atoms with van der Waals surface area (Å²) in [6.07, 6.45) is 0.766. The lowest BCUT2D eigenvalue weighted by Gasteiger charge is -2.10. The van der Waals surface area contributed by atoms with Gasteiger partial charge in [-0.3, -0.25) is 4.99 Å². The van der Waals surface area contributed by atoms with Crippen LogP contribution in [0.25, 0.3) is 10.9 Å². The molecule has 0 spiro atoms. The average Bonchev–Trinajstić information content (AvgIpc) is 2.76. The molecule has 0 saturated carbocycles. The third-order valence-electron chi connectivity index (χ3n) is 4.47. The van der Waals surface area contributed by atoms with Gasteiger partial charge in [-0.15, -0.1) is 24.0 Å². The molecule has 0 aliphatic rings. The van der Waals surface area contributed by atoms with Crippen molar-refractivity contribution in [3.8, 4) is 11.5 Å². The first kappa shape index (κ1) is 23.5. The molecule has 0 atom stereocenters. The lowest BCUT2D eigenvalue weighted by molar-refractivity contribution is 0.354. The van der Waals surface area contributed by atoms with E-state index in [1.54, 1.807) is 14.2 Å². The van der Waals surface area contributed by atoms with Crippen molar-refractivity contribution < 1.29 is 9.47 Å². The summed E-state index contributed by atoms with van der Waals surface area (Å²) < 4.78 is 10.6. The number of methoxy groups -OCH3 is 2. The van der Waals surface area contributed by atoms with Crippen LogP contribution in [-0.2, 0) is 6.42 Å². The Labute approximate surface area is 194 Å². The Hall–Kier alpha value is -2.75. The minimum absolute atomic E-state index is 0. The predicted octanol–water partition coefficient (Wildman–Crippen LogP) is 3.43. The summed E-state index contributed by atoms with van der Waals surface area (Å²) in [5, 5.41) is 7.52. The second-order valence-corrected chi connectivity index (χ2v) is 6.45. The lowest BCUT2D eigenvalue weighted by atomic mass is 10.1. The number of aromatic nitrogens is 1. The fourth-order valence-corrected chi connectivity index (χ4v) is 2.94. The van der Waals surface area contributed by atoms with Crippen molar-refractivity contribution in [3.05, 3.63) is 60.2 Å². The van der Waals surface area contributed by atoms with Crippen molar-refractivity contribution in [3.63, 3.8) is 0 Å². The van der Waals surface area contributed by atoms with E-state index in [4.69, 9.17) is 15.2 Å². The first-order valence-electron chi connectivity index (χ1n) is 9.54. The van der Waals surface area contributed by atoms with Crippen LogP contribution in [0, 0.1) is 0 Å². The number of nitrogens with one attached hydrogen (secondary N) is 2. The molecule has 0 radical (unpaired) electrons. The summed E-state index contributed by atoms with van der Waals surface area (Å²) in [6.45, 7) is 1.94. The third kappa shape index (κ3) is 6.65. The highest BCUT2D eigenvalue weighted by molar-refractivity contribution is 14.0. The second kappa shape index (κ2) is 12.1. The first-order chi connectivity index (χ1) is 14.2. The first-order valence-corrected chi connectivity index (χ1v) is 9.54. The number of guanidine groups is 1. The smallest absolute Gasteiger partial charge is 0.188 e. The molecule has 3 rings (SSSR count). The van der Waals surface area contributed by atoms with Gasteiger partial charge in [0.25, 0.3) is 0 Å². The van der Waals surface area contributed by atoms with Crippen molar-refractivity contribution in [1.82, 2.24) is 10.3 Å². The molecule has 0 unspecified atom stereocenters. The highest BCUT2D eigenvalue weighted by Crippen LogP contribution is 2.27. The van der Waals surface area contributed by atoms with Crippen LogP contribution in [0.5, 0.6) is 11.5 Å². The molecule has 3 aromatic rings. The van der Waals surface area contributed by atoms with Gasteiger partial charge in [-0.25, -0.2) is 4.98 Å². The SMILES string of the molecule is COc1ccc(CCN=C(N)NCCNc2ccc3ccccc3n2)cc1OC.I. The zero-order valence-electron chi connectivity index (χ0n) is 17.2. The van der Waals surface area contributed by atoms with E-state index in [9.17, 15) is 0 Å². The van der Waals surface area contributed by atoms with Crippen LogP contribution in [0.1, 0.15) is 5.56 Å². The van der Waals surface area contributed by atoms with Crippen molar-refractivity contribution in [2.75, 3.05) is 39.2 Å². The van der Waals surface area contributed by atoms with E-state index in [0.717, 1.165) is 28.7 Å². The number of para-hydroxylation sites is 1. The van der Waals surface area contributed by atoms with Gasteiger partial charge in [-0.2, -0.15) is 0 Å². The number of nitrogens with zero attached hydrogens (tertiary/aromatic N) is 2. The number of ether oxygens (including phenoxy) is 2. The molecule has 30 heavy (non-hydrogen) atoms. The zero-order valence-corrected chi connectivity index (χ0v) is 19.6. The quantitative estimate of drug-likeness (QED) is 0.173. The van der Waals surface area contributed by atoms with Gasteiger partial charge in [-0.1, -0.05) is 24.3 Å². The number of rotatable bonds is 9. The predicted molar refractivity (Wildman–Crippen MR) is 133 cm³/mol. The molecule has 0 aliphatic carbocycles. The number of anilines is 1. The number of aliphatic imine (C=N–C) groups is 1. The summed E-state index contributed by atoms with van der Waals surface area (Å²) in [5.41, 5.74) is 8.03. The van der Waals surface area contributed by atoms with Crippen molar-refractivity contribution in [2.24, 2.45) is 10.7 Å². The Bertz CT molecular complexity index is 981. The van der Waals surface area contributed by atoms with Crippen LogP contribution in [0.15, 0.2) is 59.6 Å². The van der Waals surface area contributed by atoms with Crippen molar-refractivity contribution >= 4 is 46.7 Å². The van der Waals surface area contributed by atoms with Crippen molar-refractivity contribution in [2.45, 2.75) is 6.42 Å². The molecule has 0 amide bonds. The van der Waals surface area contributed by atoms with Gasteiger partial charge in [0, 0.05) is 25.0 Å². The van der Waals surface area contributed by atoms with Crippen LogP contribution in [0.4, 0.5) is 5.82 Å². The van der Waals surface area contributed by atoms with Gasteiger partial charge in [0.05, 0.1) is 19.7 Å². The summed E-state index contributed by atoms with van der Waals surface area (Å²) in [4.78, 5) is 8.95. The van der Waals surface area contributed by atoms with E-state index in [1.165, 1.54) is 0 Å². The molecule has 0 saturated heterocycles. The molecule has 0 fully saturated rings.